The molecule has 0 saturated heterocycles. The van der Waals surface area contributed by atoms with E-state index in [-0.39, 0.29) is 23.8 Å². The molecule has 0 unspecified atom stereocenters. The average Bonchev–Trinajstić information content (AvgIpc) is 2.97. The van der Waals surface area contributed by atoms with E-state index in [9.17, 15) is 18.0 Å². The molecule has 0 bridgehead atoms. The maximum Gasteiger partial charge on any atom is 0.264 e. The highest BCUT2D eigenvalue weighted by molar-refractivity contribution is 7.92. The smallest absolute Gasteiger partial charge is 0.264 e. The van der Waals surface area contributed by atoms with Crippen molar-refractivity contribution in [3.05, 3.63) is 131 Å². The molecule has 8 heteroatoms. The van der Waals surface area contributed by atoms with Gasteiger partial charge in [-0.1, -0.05) is 90.5 Å². The quantitative estimate of drug-likeness (QED) is 0.224. The van der Waals surface area contributed by atoms with Gasteiger partial charge in [0.2, 0.25) is 11.8 Å². The Morgan fingerprint density at radius 3 is 1.91 bits per heavy atom. The summed E-state index contributed by atoms with van der Waals surface area (Å²) in [5.41, 5.74) is 3.42. The zero-order valence-corrected chi connectivity index (χ0v) is 26.8. The van der Waals surface area contributed by atoms with Gasteiger partial charge in [0.15, 0.2) is 0 Å². The van der Waals surface area contributed by atoms with Gasteiger partial charge in [-0.25, -0.2) is 8.42 Å². The van der Waals surface area contributed by atoms with Gasteiger partial charge < -0.3 is 10.2 Å². The van der Waals surface area contributed by atoms with Gasteiger partial charge in [0, 0.05) is 18.5 Å². The van der Waals surface area contributed by atoms with E-state index in [1.54, 1.807) is 36.4 Å². The lowest BCUT2D eigenvalue weighted by Crippen LogP contribution is -2.56. The molecule has 0 aliphatic carbocycles. The van der Waals surface area contributed by atoms with Crippen LogP contribution in [-0.4, -0.2) is 43.3 Å². The number of anilines is 1. The molecular formula is C36H41N3O4S. The van der Waals surface area contributed by atoms with Crippen LogP contribution in [0, 0.1) is 13.8 Å². The minimum atomic E-state index is -4.13. The van der Waals surface area contributed by atoms with Gasteiger partial charge in [0.1, 0.15) is 12.6 Å². The summed E-state index contributed by atoms with van der Waals surface area (Å²) < 4.78 is 29.3. The van der Waals surface area contributed by atoms with E-state index < -0.39 is 34.1 Å². The van der Waals surface area contributed by atoms with Crippen LogP contribution in [0.1, 0.15) is 43.0 Å². The molecule has 0 aliphatic rings. The minimum absolute atomic E-state index is 0.0749. The zero-order valence-electron chi connectivity index (χ0n) is 26.0. The molecule has 0 radical (unpaired) electrons. The first-order chi connectivity index (χ1) is 20.8. The molecule has 0 aliphatic heterocycles. The van der Waals surface area contributed by atoms with Crippen molar-refractivity contribution in [2.75, 3.05) is 10.8 Å². The highest BCUT2D eigenvalue weighted by Crippen LogP contribution is 2.26. The number of nitrogens with one attached hydrogen (secondary N) is 1. The van der Waals surface area contributed by atoms with E-state index in [1.165, 1.54) is 17.0 Å². The molecular weight excluding hydrogens is 570 g/mol. The SMILES string of the molecule is Cc1cccc(CN(C(=O)CN(c2cccc(C)c2)S(=O)(=O)c2ccccc2)[C@@H](Cc2ccccc2)C(=O)NC(C)(C)C)c1. The number of benzene rings is 4. The van der Waals surface area contributed by atoms with E-state index in [0.29, 0.717) is 5.69 Å². The number of carbonyl (C=O) groups is 2. The number of rotatable bonds is 11. The van der Waals surface area contributed by atoms with Gasteiger partial charge in [-0.05, 0) is 75.6 Å². The van der Waals surface area contributed by atoms with Crippen LogP contribution in [0.15, 0.2) is 114 Å². The molecule has 0 aromatic heterocycles. The lowest BCUT2D eigenvalue weighted by atomic mass is 10.0. The molecule has 4 rings (SSSR count). The normalized spacial score (nSPS) is 12.3. The summed E-state index contributed by atoms with van der Waals surface area (Å²) in [4.78, 5) is 30.1. The third kappa shape index (κ3) is 8.57. The number of aryl methyl sites for hydroxylation is 2. The fourth-order valence-electron chi connectivity index (χ4n) is 5.05. The summed E-state index contributed by atoms with van der Waals surface area (Å²) in [6, 6.07) is 31.5. The molecule has 230 valence electrons. The molecule has 0 spiro atoms. The van der Waals surface area contributed by atoms with Crippen molar-refractivity contribution in [2.45, 2.75) is 64.1 Å². The number of amides is 2. The van der Waals surface area contributed by atoms with Gasteiger partial charge >= 0.3 is 0 Å². The number of nitrogens with zero attached hydrogens (tertiary/aromatic N) is 2. The second kappa shape index (κ2) is 13.9. The van der Waals surface area contributed by atoms with Crippen LogP contribution >= 0.6 is 0 Å². The molecule has 4 aromatic carbocycles. The van der Waals surface area contributed by atoms with Crippen molar-refractivity contribution in [1.29, 1.82) is 0 Å². The molecule has 1 N–H and O–H groups in total. The van der Waals surface area contributed by atoms with E-state index in [0.717, 1.165) is 26.6 Å². The van der Waals surface area contributed by atoms with E-state index in [4.69, 9.17) is 0 Å². The number of hydrogen-bond donors (Lipinski definition) is 1. The summed E-state index contributed by atoms with van der Waals surface area (Å²) in [5, 5.41) is 3.06. The second-order valence-electron chi connectivity index (χ2n) is 12.1. The Hall–Kier alpha value is -4.43. The molecule has 1 atom stereocenters. The monoisotopic (exact) mass is 611 g/mol. The Morgan fingerprint density at radius 1 is 0.750 bits per heavy atom. The van der Waals surface area contributed by atoms with E-state index in [1.807, 2.05) is 95.3 Å². The molecule has 4 aromatic rings. The lowest BCUT2D eigenvalue weighted by Gasteiger charge is -2.35. The third-order valence-electron chi connectivity index (χ3n) is 7.10. The average molecular weight is 612 g/mol. The molecule has 2 amide bonds. The van der Waals surface area contributed by atoms with Gasteiger partial charge in [-0.3, -0.25) is 13.9 Å². The topological polar surface area (TPSA) is 86.8 Å². The fraction of sp³-hybridized carbons (Fsp3) is 0.278. The first kappa shape index (κ1) is 32.5. The maximum atomic E-state index is 14.5. The Bertz CT molecular complexity index is 1680. The van der Waals surface area contributed by atoms with Crippen molar-refractivity contribution in [1.82, 2.24) is 10.2 Å². The Balaban J connectivity index is 1.82. The molecule has 0 fully saturated rings. The first-order valence-electron chi connectivity index (χ1n) is 14.7. The number of hydrogen-bond acceptors (Lipinski definition) is 4. The highest BCUT2D eigenvalue weighted by Gasteiger charge is 2.35. The van der Waals surface area contributed by atoms with Gasteiger partial charge in [-0.15, -0.1) is 0 Å². The van der Waals surface area contributed by atoms with Gasteiger partial charge in [-0.2, -0.15) is 0 Å². The van der Waals surface area contributed by atoms with Crippen LogP contribution in [-0.2, 0) is 32.6 Å². The van der Waals surface area contributed by atoms with Crippen LogP contribution in [0.5, 0.6) is 0 Å². The standard InChI is InChI=1S/C36H41N3O4S/c1-27-14-12-18-30(22-27)25-38(33(35(41)37-36(3,4)5)24-29-16-8-6-9-17-29)34(40)26-39(31-19-13-15-28(2)23-31)44(42,43)32-20-10-7-11-21-32/h6-23,33H,24-26H2,1-5H3,(H,37,41)/t33-/m0/s1. The maximum absolute atomic E-state index is 14.5. The van der Waals surface area contributed by atoms with E-state index in [2.05, 4.69) is 5.32 Å². The lowest BCUT2D eigenvalue weighted by molar-refractivity contribution is -0.140. The van der Waals surface area contributed by atoms with Crippen LogP contribution in [0.25, 0.3) is 0 Å². The summed E-state index contributed by atoms with van der Waals surface area (Å²) >= 11 is 0. The minimum Gasteiger partial charge on any atom is -0.350 e. The zero-order chi connectivity index (χ0) is 31.9. The van der Waals surface area contributed by atoms with Crippen LogP contribution in [0.4, 0.5) is 5.69 Å². The molecule has 44 heavy (non-hydrogen) atoms. The van der Waals surface area contributed by atoms with Crippen LogP contribution < -0.4 is 9.62 Å². The summed E-state index contributed by atoms with van der Waals surface area (Å²) in [7, 11) is -4.13. The number of sulfonamides is 1. The third-order valence-corrected chi connectivity index (χ3v) is 8.89. The van der Waals surface area contributed by atoms with E-state index >= 15 is 0 Å². The molecule has 7 nitrogen and oxygen atoms in total. The number of carbonyl (C=O) groups excluding carboxylic acids is 2. The first-order valence-corrected chi connectivity index (χ1v) is 16.1. The molecule has 0 heterocycles. The van der Waals surface area contributed by atoms with Crippen LogP contribution in [0.2, 0.25) is 0 Å². The van der Waals surface area contributed by atoms with Crippen molar-refractivity contribution < 1.29 is 18.0 Å². The van der Waals surface area contributed by atoms with Crippen molar-refractivity contribution >= 4 is 27.5 Å². The van der Waals surface area contributed by atoms with Gasteiger partial charge in [0.05, 0.1) is 10.6 Å². The van der Waals surface area contributed by atoms with Crippen molar-refractivity contribution in [2.24, 2.45) is 0 Å². The Kier molecular flexibility index (Phi) is 10.3. The second-order valence-corrected chi connectivity index (χ2v) is 14.0. The fourth-order valence-corrected chi connectivity index (χ4v) is 6.47. The predicted octanol–water partition coefficient (Wildman–Crippen LogP) is 6.05. The van der Waals surface area contributed by atoms with Crippen LogP contribution in [0.3, 0.4) is 0 Å². The Morgan fingerprint density at radius 2 is 1.32 bits per heavy atom. The summed E-state index contributed by atoms with van der Waals surface area (Å²) in [6.45, 7) is 9.16. The molecule has 0 saturated carbocycles. The highest BCUT2D eigenvalue weighted by atomic mass is 32.2. The largest absolute Gasteiger partial charge is 0.350 e. The predicted molar refractivity (Wildman–Crippen MR) is 176 cm³/mol. The summed E-state index contributed by atoms with van der Waals surface area (Å²) in [5.74, 6) is -0.798. The Labute approximate surface area is 261 Å². The van der Waals surface area contributed by atoms with Crippen molar-refractivity contribution in [3.63, 3.8) is 0 Å². The summed E-state index contributed by atoms with van der Waals surface area (Å²) in [6.07, 6.45) is 0.260. The van der Waals surface area contributed by atoms with Crippen molar-refractivity contribution in [3.8, 4) is 0 Å². The van der Waals surface area contributed by atoms with Gasteiger partial charge in [0.25, 0.3) is 10.0 Å².